The average molecular weight is 320 g/mol. The third-order valence-corrected chi connectivity index (χ3v) is 4.98. The Morgan fingerprint density at radius 2 is 2.18 bits per heavy atom. The number of aromatic nitrogens is 2. The number of thioether (sulfide) groups is 1. The lowest BCUT2D eigenvalue weighted by atomic mass is 10.2. The summed E-state index contributed by atoms with van der Waals surface area (Å²) in [5.74, 6) is 2.22. The fraction of sp³-hybridized carbons (Fsp3) is 0.750. The van der Waals surface area contributed by atoms with Gasteiger partial charge in [0.15, 0.2) is 0 Å². The second-order valence-corrected chi connectivity index (χ2v) is 6.14. The summed E-state index contributed by atoms with van der Waals surface area (Å²) >= 11 is 5.54. The Hall–Kier alpha value is 0. The molecule has 0 aliphatic rings. The van der Waals surface area contributed by atoms with Crippen molar-refractivity contribution in [1.82, 2.24) is 9.78 Å². The van der Waals surface area contributed by atoms with E-state index < -0.39 is 0 Å². The van der Waals surface area contributed by atoms with E-state index in [-0.39, 0.29) is 6.04 Å². The third-order valence-electron chi connectivity index (χ3n) is 2.59. The minimum Gasteiger partial charge on any atom is -0.327 e. The predicted molar refractivity (Wildman–Crippen MR) is 79.6 cm³/mol. The summed E-state index contributed by atoms with van der Waals surface area (Å²) in [4.78, 5) is 0. The molecule has 1 aromatic rings. The Balaban J connectivity index is 2.60. The summed E-state index contributed by atoms with van der Waals surface area (Å²) in [7, 11) is 0. The number of aryl methyl sites for hydroxylation is 2. The van der Waals surface area contributed by atoms with Gasteiger partial charge in [-0.1, -0.05) is 6.92 Å². The zero-order chi connectivity index (χ0) is 12.8. The first-order chi connectivity index (χ1) is 8.10. The maximum Gasteiger partial charge on any atom is 0.0738 e. The van der Waals surface area contributed by atoms with E-state index in [1.54, 1.807) is 0 Å². The Bertz CT molecular complexity index is 352. The molecular formula is C12H22BrN3S. The van der Waals surface area contributed by atoms with E-state index >= 15 is 0 Å². The molecule has 2 N–H and O–H groups in total. The van der Waals surface area contributed by atoms with E-state index in [9.17, 15) is 0 Å². The van der Waals surface area contributed by atoms with E-state index in [4.69, 9.17) is 5.73 Å². The summed E-state index contributed by atoms with van der Waals surface area (Å²) in [6.07, 6.45) is 2.11. The first-order valence-corrected chi connectivity index (χ1v) is 8.10. The predicted octanol–water partition coefficient (Wildman–Crippen LogP) is 2.99. The van der Waals surface area contributed by atoms with Gasteiger partial charge in [0.25, 0.3) is 0 Å². The Morgan fingerprint density at radius 3 is 2.76 bits per heavy atom. The molecule has 0 aliphatic heterocycles. The molecule has 1 aromatic heterocycles. The van der Waals surface area contributed by atoms with Crippen LogP contribution in [-0.4, -0.2) is 27.3 Å². The molecule has 1 atom stereocenters. The summed E-state index contributed by atoms with van der Waals surface area (Å²) < 4.78 is 3.17. The van der Waals surface area contributed by atoms with Crippen molar-refractivity contribution in [2.24, 2.45) is 5.73 Å². The summed E-state index contributed by atoms with van der Waals surface area (Å²) in [5, 5.41) is 4.49. The highest BCUT2D eigenvalue weighted by Gasteiger charge is 2.15. The number of nitrogens with zero attached hydrogens (tertiary/aromatic N) is 2. The lowest BCUT2D eigenvalue weighted by Gasteiger charge is -2.12. The van der Waals surface area contributed by atoms with Gasteiger partial charge < -0.3 is 5.73 Å². The lowest BCUT2D eigenvalue weighted by molar-refractivity contribution is 0.593. The summed E-state index contributed by atoms with van der Waals surface area (Å²) in [5.41, 5.74) is 8.45. The van der Waals surface area contributed by atoms with Crippen LogP contribution in [0.25, 0.3) is 0 Å². The molecule has 17 heavy (non-hydrogen) atoms. The van der Waals surface area contributed by atoms with Crippen molar-refractivity contribution in [2.45, 2.75) is 46.2 Å². The van der Waals surface area contributed by atoms with Crippen LogP contribution in [0.15, 0.2) is 4.47 Å². The molecule has 0 bridgehead atoms. The van der Waals surface area contributed by atoms with Crippen LogP contribution in [0.4, 0.5) is 0 Å². The topological polar surface area (TPSA) is 43.8 Å². The van der Waals surface area contributed by atoms with Gasteiger partial charge in [-0.15, -0.1) is 0 Å². The van der Waals surface area contributed by atoms with Crippen LogP contribution in [0, 0.1) is 6.92 Å². The van der Waals surface area contributed by atoms with Gasteiger partial charge in [0.1, 0.15) is 0 Å². The van der Waals surface area contributed by atoms with Crippen LogP contribution in [0.2, 0.25) is 0 Å². The van der Waals surface area contributed by atoms with Crippen LogP contribution in [0.3, 0.4) is 0 Å². The fourth-order valence-corrected chi connectivity index (χ4v) is 3.07. The molecular weight excluding hydrogens is 298 g/mol. The SMILES string of the molecule is CCCSCC(N)Cc1c(Br)c(C)nn1CC. The van der Waals surface area contributed by atoms with Gasteiger partial charge in [0.05, 0.1) is 15.9 Å². The second kappa shape index (κ2) is 7.44. The van der Waals surface area contributed by atoms with Crippen molar-refractivity contribution < 1.29 is 0 Å². The number of hydrogen-bond donors (Lipinski definition) is 1. The van der Waals surface area contributed by atoms with Crippen molar-refractivity contribution >= 4 is 27.7 Å². The number of nitrogens with two attached hydrogens (primary N) is 1. The Labute approximate surface area is 117 Å². The number of halogens is 1. The van der Waals surface area contributed by atoms with Gasteiger partial charge in [-0.05, 0) is 42.0 Å². The molecule has 0 spiro atoms. The van der Waals surface area contributed by atoms with Crippen LogP contribution in [-0.2, 0) is 13.0 Å². The average Bonchev–Trinajstić information content (AvgIpc) is 2.57. The molecule has 1 heterocycles. The summed E-state index contributed by atoms with van der Waals surface area (Å²) in [6.45, 7) is 7.23. The number of rotatable bonds is 7. The normalized spacial score (nSPS) is 13.0. The van der Waals surface area contributed by atoms with Gasteiger partial charge in [-0.25, -0.2) is 0 Å². The monoisotopic (exact) mass is 319 g/mol. The van der Waals surface area contributed by atoms with Gasteiger partial charge in [0.2, 0.25) is 0 Å². The van der Waals surface area contributed by atoms with Crippen molar-refractivity contribution in [1.29, 1.82) is 0 Å². The van der Waals surface area contributed by atoms with E-state index in [0.29, 0.717) is 0 Å². The van der Waals surface area contributed by atoms with Crippen LogP contribution < -0.4 is 5.73 Å². The van der Waals surface area contributed by atoms with E-state index in [1.807, 2.05) is 23.4 Å². The minimum absolute atomic E-state index is 0.212. The van der Waals surface area contributed by atoms with Crippen molar-refractivity contribution in [3.05, 3.63) is 15.9 Å². The molecule has 0 saturated carbocycles. The standard InChI is InChI=1S/C12H22BrN3S/c1-4-6-17-8-10(14)7-11-12(13)9(3)15-16(11)5-2/h10H,4-8,14H2,1-3H3. The molecule has 1 unspecified atom stereocenters. The lowest BCUT2D eigenvalue weighted by Crippen LogP contribution is -2.27. The van der Waals surface area contributed by atoms with Crippen molar-refractivity contribution in [3.63, 3.8) is 0 Å². The third kappa shape index (κ3) is 4.30. The highest BCUT2D eigenvalue weighted by Crippen LogP contribution is 2.22. The molecule has 1 rings (SSSR count). The van der Waals surface area contributed by atoms with Gasteiger partial charge in [-0.2, -0.15) is 16.9 Å². The molecule has 0 fully saturated rings. The van der Waals surface area contributed by atoms with Crippen molar-refractivity contribution in [2.75, 3.05) is 11.5 Å². The first-order valence-electron chi connectivity index (χ1n) is 6.15. The smallest absolute Gasteiger partial charge is 0.0738 e. The van der Waals surface area contributed by atoms with Crippen LogP contribution in [0.5, 0.6) is 0 Å². The first kappa shape index (κ1) is 15.1. The molecule has 5 heteroatoms. The second-order valence-electron chi connectivity index (χ2n) is 4.20. The molecule has 3 nitrogen and oxygen atoms in total. The minimum atomic E-state index is 0.212. The van der Waals surface area contributed by atoms with Gasteiger partial charge in [-0.3, -0.25) is 4.68 Å². The molecule has 0 aromatic carbocycles. The Morgan fingerprint density at radius 1 is 1.47 bits per heavy atom. The van der Waals surface area contributed by atoms with Gasteiger partial charge in [0, 0.05) is 24.8 Å². The molecule has 0 aliphatic carbocycles. The molecule has 98 valence electrons. The van der Waals surface area contributed by atoms with Crippen LogP contribution in [0.1, 0.15) is 31.7 Å². The fourth-order valence-electron chi connectivity index (χ4n) is 1.75. The number of hydrogen-bond acceptors (Lipinski definition) is 3. The zero-order valence-electron chi connectivity index (χ0n) is 10.9. The summed E-state index contributed by atoms with van der Waals surface area (Å²) in [6, 6.07) is 0.212. The highest BCUT2D eigenvalue weighted by atomic mass is 79.9. The molecule has 0 amide bonds. The largest absolute Gasteiger partial charge is 0.327 e. The van der Waals surface area contributed by atoms with E-state index in [0.717, 1.165) is 28.9 Å². The maximum atomic E-state index is 6.17. The van der Waals surface area contributed by atoms with E-state index in [1.165, 1.54) is 17.9 Å². The van der Waals surface area contributed by atoms with Gasteiger partial charge >= 0.3 is 0 Å². The Kier molecular flexibility index (Phi) is 6.59. The van der Waals surface area contributed by atoms with E-state index in [2.05, 4.69) is 34.9 Å². The molecule has 0 radical (unpaired) electrons. The van der Waals surface area contributed by atoms with Crippen LogP contribution >= 0.6 is 27.7 Å². The quantitative estimate of drug-likeness (QED) is 0.786. The molecule has 0 saturated heterocycles. The zero-order valence-corrected chi connectivity index (χ0v) is 13.3. The van der Waals surface area contributed by atoms with Crippen molar-refractivity contribution in [3.8, 4) is 0 Å². The highest BCUT2D eigenvalue weighted by molar-refractivity contribution is 9.10. The maximum absolute atomic E-state index is 6.17.